The molecule has 0 saturated heterocycles. The first-order valence-corrected chi connectivity index (χ1v) is 5.49. The van der Waals surface area contributed by atoms with E-state index in [-0.39, 0.29) is 0 Å². The molecule has 0 amide bonds. The van der Waals surface area contributed by atoms with Crippen molar-refractivity contribution in [2.75, 3.05) is 0 Å². The molecule has 16 heavy (non-hydrogen) atoms. The lowest BCUT2D eigenvalue weighted by Gasteiger charge is -2.17. The van der Waals surface area contributed by atoms with Gasteiger partial charge in [0.15, 0.2) is 0 Å². The monoisotopic (exact) mass is 217 g/mol. The average molecular weight is 217 g/mol. The summed E-state index contributed by atoms with van der Waals surface area (Å²) >= 11 is 0. The summed E-state index contributed by atoms with van der Waals surface area (Å²) in [6.07, 6.45) is 2.91. The molecular weight excluding hydrogens is 202 g/mol. The molecule has 84 valence electrons. The smallest absolute Gasteiger partial charge is 0.122 e. The van der Waals surface area contributed by atoms with Crippen LogP contribution in [0.5, 0.6) is 0 Å². The summed E-state index contributed by atoms with van der Waals surface area (Å²) in [6.45, 7) is 3.49. The van der Waals surface area contributed by atoms with Gasteiger partial charge in [-0.05, 0) is 6.92 Å². The second kappa shape index (κ2) is 3.18. The Bertz CT molecular complexity index is 549. The van der Waals surface area contributed by atoms with E-state index >= 15 is 0 Å². The maximum absolute atomic E-state index is 5.68. The lowest BCUT2D eigenvalue weighted by Crippen LogP contribution is -2.16. The Morgan fingerprint density at radius 2 is 2.31 bits per heavy atom. The van der Waals surface area contributed by atoms with Crippen molar-refractivity contribution in [3.8, 4) is 11.3 Å². The third-order valence-corrected chi connectivity index (χ3v) is 3.29. The largest absolute Gasteiger partial charge is 0.326 e. The normalized spacial score (nSPS) is 13.7. The molecule has 0 radical (unpaired) electrons. The highest BCUT2D eigenvalue weighted by atomic mass is 15.3. The number of hydrogen-bond donors (Lipinski definition) is 1. The molecule has 0 fully saturated rings. The number of nitrogens with zero attached hydrogens (tertiary/aromatic N) is 4. The minimum atomic E-state index is 0.495. The fourth-order valence-corrected chi connectivity index (χ4v) is 2.57. The van der Waals surface area contributed by atoms with Gasteiger partial charge < -0.3 is 10.3 Å². The van der Waals surface area contributed by atoms with E-state index in [4.69, 9.17) is 5.73 Å². The number of rotatable bonds is 1. The maximum atomic E-state index is 5.68. The van der Waals surface area contributed by atoms with Gasteiger partial charge in [0.2, 0.25) is 0 Å². The van der Waals surface area contributed by atoms with Gasteiger partial charge in [0.05, 0.1) is 24.1 Å². The van der Waals surface area contributed by atoms with Crippen molar-refractivity contribution in [3.63, 3.8) is 0 Å². The summed E-state index contributed by atoms with van der Waals surface area (Å²) in [4.78, 5) is 4.37. The van der Waals surface area contributed by atoms with Crippen LogP contribution in [0.1, 0.15) is 17.2 Å². The van der Waals surface area contributed by atoms with Crippen LogP contribution in [0.3, 0.4) is 0 Å². The standard InChI is InChI=1S/C11H15N5/c1-7-11-8(15(2)14-7)3-4-16-9(11)6-13-10(16)5-12/h6H,3-5,12H2,1-2H3. The van der Waals surface area contributed by atoms with E-state index in [0.29, 0.717) is 6.54 Å². The lowest BCUT2D eigenvalue weighted by molar-refractivity contribution is 0.604. The third kappa shape index (κ3) is 1.09. The van der Waals surface area contributed by atoms with E-state index in [0.717, 1.165) is 30.2 Å². The summed E-state index contributed by atoms with van der Waals surface area (Å²) in [6, 6.07) is 0. The minimum absolute atomic E-state index is 0.495. The van der Waals surface area contributed by atoms with Gasteiger partial charge in [0, 0.05) is 31.3 Å². The number of fused-ring (bicyclic) bond motifs is 3. The van der Waals surface area contributed by atoms with Gasteiger partial charge >= 0.3 is 0 Å². The van der Waals surface area contributed by atoms with E-state index in [1.165, 1.54) is 11.3 Å². The molecule has 2 aromatic heterocycles. The van der Waals surface area contributed by atoms with Crippen LogP contribution >= 0.6 is 0 Å². The fraction of sp³-hybridized carbons (Fsp3) is 0.455. The highest BCUT2D eigenvalue weighted by Crippen LogP contribution is 2.32. The van der Waals surface area contributed by atoms with Crippen molar-refractivity contribution >= 4 is 0 Å². The Balaban J connectivity index is 2.27. The first-order valence-electron chi connectivity index (χ1n) is 5.49. The van der Waals surface area contributed by atoms with Crippen LogP contribution in [0.25, 0.3) is 11.3 Å². The second-order valence-corrected chi connectivity index (χ2v) is 4.20. The Hall–Kier alpha value is -1.62. The molecular formula is C11H15N5. The molecule has 0 atom stereocenters. The number of aryl methyl sites for hydroxylation is 2. The minimum Gasteiger partial charge on any atom is -0.326 e. The highest BCUT2D eigenvalue weighted by Gasteiger charge is 2.24. The van der Waals surface area contributed by atoms with Crippen molar-refractivity contribution in [3.05, 3.63) is 23.4 Å². The highest BCUT2D eigenvalue weighted by molar-refractivity contribution is 5.66. The zero-order valence-electron chi connectivity index (χ0n) is 9.56. The summed E-state index contributed by atoms with van der Waals surface area (Å²) in [7, 11) is 2.00. The molecule has 0 saturated carbocycles. The number of aromatic nitrogens is 4. The topological polar surface area (TPSA) is 61.7 Å². The number of imidazole rings is 1. The molecule has 0 aliphatic carbocycles. The first kappa shape index (κ1) is 9.59. The van der Waals surface area contributed by atoms with Crippen molar-refractivity contribution < 1.29 is 0 Å². The van der Waals surface area contributed by atoms with Crippen LogP contribution < -0.4 is 5.73 Å². The Labute approximate surface area is 93.9 Å². The molecule has 0 aromatic carbocycles. The summed E-state index contributed by atoms with van der Waals surface area (Å²) in [5, 5.41) is 4.47. The van der Waals surface area contributed by atoms with Gasteiger partial charge in [-0.25, -0.2) is 4.98 Å². The van der Waals surface area contributed by atoms with Crippen molar-refractivity contribution in [1.29, 1.82) is 0 Å². The van der Waals surface area contributed by atoms with E-state index in [1.807, 2.05) is 24.9 Å². The summed E-state index contributed by atoms with van der Waals surface area (Å²) in [5.74, 6) is 0.962. The second-order valence-electron chi connectivity index (χ2n) is 4.20. The van der Waals surface area contributed by atoms with Gasteiger partial charge in [-0.15, -0.1) is 0 Å². The van der Waals surface area contributed by atoms with Crippen molar-refractivity contribution in [2.24, 2.45) is 12.8 Å². The predicted molar refractivity (Wildman–Crippen MR) is 60.8 cm³/mol. The molecule has 0 unspecified atom stereocenters. The molecule has 2 N–H and O–H groups in total. The molecule has 3 heterocycles. The first-order chi connectivity index (χ1) is 7.72. The molecule has 1 aliphatic heterocycles. The Morgan fingerprint density at radius 3 is 3.06 bits per heavy atom. The SMILES string of the molecule is Cc1nn(C)c2c1-c1cnc(CN)n1CC2. The van der Waals surface area contributed by atoms with Crippen molar-refractivity contribution in [2.45, 2.75) is 26.4 Å². The zero-order chi connectivity index (χ0) is 11.3. The quantitative estimate of drug-likeness (QED) is 0.761. The third-order valence-electron chi connectivity index (χ3n) is 3.29. The molecule has 2 aromatic rings. The van der Waals surface area contributed by atoms with E-state index < -0.39 is 0 Å². The van der Waals surface area contributed by atoms with Gasteiger partial charge in [0.1, 0.15) is 5.82 Å². The molecule has 1 aliphatic rings. The van der Waals surface area contributed by atoms with Crippen LogP contribution in [0.4, 0.5) is 0 Å². The van der Waals surface area contributed by atoms with Crippen LogP contribution in [0.2, 0.25) is 0 Å². The van der Waals surface area contributed by atoms with Gasteiger partial charge in [-0.2, -0.15) is 5.10 Å². The van der Waals surface area contributed by atoms with Gasteiger partial charge in [0.25, 0.3) is 0 Å². The molecule has 0 bridgehead atoms. The van der Waals surface area contributed by atoms with E-state index in [2.05, 4.69) is 14.6 Å². The van der Waals surface area contributed by atoms with Crippen LogP contribution in [-0.2, 0) is 26.6 Å². The molecule has 5 heteroatoms. The van der Waals surface area contributed by atoms with Crippen LogP contribution in [0, 0.1) is 6.92 Å². The number of nitrogens with two attached hydrogens (primary N) is 1. The predicted octanol–water partition coefficient (Wildman–Crippen LogP) is 0.607. The van der Waals surface area contributed by atoms with Gasteiger partial charge in [-0.3, -0.25) is 4.68 Å². The average Bonchev–Trinajstić information content (AvgIpc) is 2.80. The van der Waals surface area contributed by atoms with E-state index in [1.54, 1.807) is 0 Å². The molecule has 3 rings (SSSR count). The fourth-order valence-electron chi connectivity index (χ4n) is 2.57. The number of hydrogen-bond acceptors (Lipinski definition) is 3. The van der Waals surface area contributed by atoms with Crippen LogP contribution in [0.15, 0.2) is 6.20 Å². The molecule has 0 spiro atoms. The van der Waals surface area contributed by atoms with Gasteiger partial charge in [-0.1, -0.05) is 0 Å². The lowest BCUT2D eigenvalue weighted by atomic mass is 10.0. The van der Waals surface area contributed by atoms with Crippen LogP contribution in [-0.4, -0.2) is 19.3 Å². The summed E-state index contributed by atoms with van der Waals surface area (Å²) in [5.41, 5.74) is 10.4. The summed E-state index contributed by atoms with van der Waals surface area (Å²) < 4.78 is 4.18. The van der Waals surface area contributed by atoms with Crippen molar-refractivity contribution in [1.82, 2.24) is 19.3 Å². The zero-order valence-corrected chi connectivity index (χ0v) is 9.56. The maximum Gasteiger partial charge on any atom is 0.122 e. The van der Waals surface area contributed by atoms with E-state index in [9.17, 15) is 0 Å². The Kier molecular flexibility index (Phi) is 1.91. The molecule has 5 nitrogen and oxygen atoms in total. The Morgan fingerprint density at radius 1 is 1.50 bits per heavy atom.